The highest BCUT2D eigenvalue weighted by Gasteiger charge is 2.37. The molecule has 1 aromatic heterocycles. The Kier molecular flexibility index (Phi) is 12.4. The van der Waals surface area contributed by atoms with Crippen molar-refractivity contribution in [2.24, 2.45) is 0 Å². The zero-order valence-electron chi connectivity index (χ0n) is 16.6. The van der Waals surface area contributed by atoms with Crippen molar-refractivity contribution in [2.45, 2.75) is 11.0 Å². The SMILES string of the molecule is O=S(=O)([O-])C(F)(F)F.O=S(=O)([O-])C(F)(F)F.c1ccc([I+]c2ccc([I+]c3ccccc3)s2)cc1. The lowest BCUT2D eigenvalue weighted by molar-refractivity contribution is -0.594. The second-order valence-corrected chi connectivity index (χ2v) is 16.8. The van der Waals surface area contributed by atoms with Crippen molar-refractivity contribution in [1.29, 1.82) is 0 Å². The molecule has 6 nitrogen and oxygen atoms in total. The molecule has 0 radical (unpaired) electrons. The van der Waals surface area contributed by atoms with Crippen LogP contribution in [0.2, 0.25) is 0 Å². The fraction of sp³-hybridized carbons (Fsp3) is 0.111. The minimum Gasteiger partial charge on any atom is -0.741 e. The minimum atomic E-state index is -6.09. The van der Waals surface area contributed by atoms with Gasteiger partial charge in [0.2, 0.25) is 0 Å². The molecule has 0 saturated heterocycles. The van der Waals surface area contributed by atoms with Crippen LogP contribution in [0.15, 0.2) is 72.8 Å². The molecule has 0 fully saturated rings. The first-order valence-corrected chi connectivity index (χ1v) is 16.4. The normalized spacial score (nSPS) is 12.1. The summed E-state index contributed by atoms with van der Waals surface area (Å²) in [6.07, 6.45) is 0. The van der Waals surface area contributed by atoms with Crippen LogP contribution >= 0.6 is 11.3 Å². The van der Waals surface area contributed by atoms with E-state index in [4.69, 9.17) is 25.9 Å². The highest BCUT2D eigenvalue weighted by Crippen LogP contribution is 2.21. The smallest absolute Gasteiger partial charge is 0.485 e. The summed E-state index contributed by atoms with van der Waals surface area (Å²) in [6, 6.07) is 26.4. The van der Waals surface area contributed by atoms with Crippen LogP contribution in [0.1, 0.15) is 0 Å². The molecule has 0 aliphatic carbocycles. The van der Waals surface area contributed by atoms with Gasteiger partial charge in [0, 0.05) is 12.1 Å². The largest absolute Gasteiger partial charge is 0.741 e. The van der Waals surface area contributed by atoms with Crippen LogP contribution < -0.4 is 42.4 Å². The highest BCUT2D eigenvalue weighted by atomic mass is 127. The van der Waals surface area contributed by atoms with Crippen LogP contribution in [0.5, 0.6) is 0 Å². The Labute approximate surface area is 221 Å². The predicted molar refractivity (Wildman–Crippen MR) is 103 cm³/mol. The lowest BCUT2D eigenvalue weighted by atomic mass is 10.4. The summed E-state index contributed by atoms with van der Waals surface area (Å²) in [4.78, 5) is 0. The number of halogens is 8. The van der Waals surface area contributed by atoms with Crippen molar-refractivity contribution in [3.05, 3.63) is 85.7 Å². The first-order chi connectivity index (χ1) is 15.9. The molecule has 0 atom stereocenters. The van der Waals surface area contributed by atoms with E-state index in [0.29, 0.717) is 0 Å². The van der Waals surface area contributed by atoms with E-state index in [1.165, 1.54) is 7.14 Å². The fourth-order valence-corrected chi connectivity index (χ4v) is 10.1. The van der Waals surface area contributed by atoms with Crippen LogP contribution in [0.3, 0.4) is 0 Å². The molecule has 0 N–H and O–H groups in total. The quantitative estimate of drug-likeness (QED) is 0.132. The summed E-state index contributed by atoms with van der Waals surface area (Å²) in [7, 11) is -12.2. The molecular weight excluding hydrogens is 776 g/mol. The Morgan fingerprint density at radius 1 is 0.571 bits per heavy atom. The Morgan fingerprint density at radius 2 is 0.829 bits per heavy atom. The van der Waals surface area contributed by atoms with Crippen molar-refractivity contribution in [2.75, 3.05) is 0 Å². The van der Waals surface area contributed by atoms with Gasteiger partial charge in [0.1, 0.15) is 0 Å². The minimum absolute atomic E-state index is 0.00944. The zero-order chi connectivity index (χ0) is 26.9. The summed E-state index contributed by atoms with van der Waals surface area (Å²) < 4.78 is 124. The van der Waals surface area contributed by atoms with Gasteiger partial charge in [-0.15, -0.1) is 0 Å². The number of benzene rings is 2. The Balaban J connectivity index is 0.000000320. The van der Waals surface area contributed by atoms with E-state index in [1.54, 1.807) is 5.77 Å². The van der Waals surface area contributed by atoms with Gasteiger partial charge in [-0.1, -0.05) is 36.4 Å². The second kappa shape index (κ2) is 13.5. The third-order valence-corrected chi connectivity index (χ3v) is 11.6. The molecule has 0 bridgehead atoms. The Bertz CT molecular complexity index is 1170. The number of thiophene rings is 1. The van der Waals surface area contributed by atoms with Gasteiger partial charge < -0.3 is 9.11 Å². The number of alkyl halides is 6. The summed E-state index contributed by atoms with van der Waals surface area (Å²) in [5.74, 6) is 0. The standard InChI is InChI=1S/C16H12I2S.2CHF3O3S/c1-3-7-13(8-4-1)17-15-11-12-16(19-15)18-14-9-5-2-6-10-14;2*2-1(3,4)8(5,6)7/h1-12H;2*(H,5,6,7)/q+2;;/p-2. The van der Waals surface area contributed by atoms with Gasteiger partial charge in [-0.2, -0.15) is 26.3 Å². The zero-order valence-corrected chi connectivity index (χ0v) is 23.4. The van der Waals surface area contributed by atoms with Gasteiger partial charge in [0.25, 0.3) is 5.77 Å². The number of hydrogen-bond acceptors (Lipinski definition) is 7. The van der Waals surface area contributed by atoms with E-state index in [-0.39, 0.29) is 42.4 Å². The maximum Gasteiger partial charge on any atom is 0.485 e. The van der Waals surface area contributed by atoms with Gasteiger partial charge in [-0.3, -0.25) is 0 Å². The van der Waals surface area contributed by atoms with Crippen LogP contribution in [-0.4, -0.2) is 37.0 Å². The van der Waals surface area contributed by atoms with E-state index < -0.39 is 31.3 Å². The summed E-state index contributed by atoms with van der Waals surface area (Å²) >= 11 is 2.04. The van der Waals surface area contributed by atoms with Crippen LogP contribution in [-0.2, 0) is 20.2 Å². The molecule has 0 spiro atoms. The molecule has 0 aliphatic heterocycles. The van der Waals surface area contributed by atoms with Crippen molar-refractivity contribution in [3.63, 3.8) is 0 Å². The maximum absolute atomic E-state index is 10.7. The molecule has 2 aromatic carbocycles. The van der Waals surface area contributed by atoms with Crippen molar-refractivity contribution >= 4 is 31.6 Å². The Morgan fingerprint density at radius 3 is 1.06 bits per heavy atom. The molecule has 17 heteroatoms. The molecular formula is C18H12F6I2O6S3. The number of hydrogen-bond donors (Lipinski definition) is 0. The Hall–Kier alpha value is -1.00. The van der Waals surface area contributed by atoms with Crippen LogP contribution in [0.4, 0.5) is 26.3 Å². The molecule has 0 saturated carbocycles. The van der Waals surface area contributed by atoms with E-state index in [0.717, 1.165) is 0 Å². The average Bonchev–Trinajstić information content (AvgIpc) is 3.14. The lowest BCUT2D eigenvalue weighted by Crippen LogP contribution is -3.62. The average molecular weight is 788 g/mol. The third-order valence-electron chi connectivity index (χ3n) is 2.98. The maximum atomic E-state index is 10.7. The predicted octanol–water partition coefficient (Wildman–Crippen LogP) is -1.89. The fourth-order valence-electron chi connectivity index (χ4n) is 1.56. The number of rotatable bonds is 4. The molecule has 1 heterocycles. The first-order valence-electron chi connectivity index (χ1n) is 8.44. The van der Waals surface area contributed by atoms with Gasteiger partial charge in [-0.25, -0.2) is 16.8 Å². The van der Waals surface area contributed by atoms with Crippen molar-refractivity contribution in [1.82, 2.24) is 0 Å². The topological polar surface area (TPSA) is 114 Å². The van der Waals surface area contributed by atoms with Crippen molar-refractivity contribution < 1.29 is 94.7 Å². The molecule has 3 aromatic rings. The van der Waals surface area contributed by atoms with Crippen LogP contribution in [0, 0.1) is 12.9 Å². The molecule has 3 rings (SSSR count). The van der Waals surface area contributed by atoms with Gasteiger partial charge in [-0.05, 0) is 35.6 Å². The van der Waals surface area contributed by atoms with E-state index in [1.807, 2.05) is 11.3 Å². The molecule has 194 valence electrons. The monoisotopic (exact) mass is 788 g/mol. The van der Waals surface area contributed by atoms with Crippen LogP contribution in [0.25, 0.3) is 0 Å². The first kappa shape index (κ1) is 32.0. The van der Waals surface area contributed by atoms with Crippen molar-refractivity contribution in [3.8, 4) is 0 Å². The van der Waals surface area contributed by atoms with E-state index in [9.17, 15) is 26.3 Å². The highest BCUT2D eigenvalue weighted by molar-refractivity contribution is 7.86. The van der Waals surface area contributed by atoms with Gasteiger partial charge >= 0.3 is 53.4 Å². The van der Waals surface area contributed by atoms with E-state index >= 15 is 0 Å². The third kappa shape index (κ3) is 12.7. The molecule has 0 aliphatic rings. The lowest BCUT2D eigenvalue weighted by Gasteiger charge is -2.08. The summed E-state index contributed by atoms with van der Waals surface area (Å²) in [5.41, 5.74) is -11.3. The van der Waals surface area contributed by atoms with E-state index in [2.05, 4.69) is 72.8 Å². The molecule has 35 heavy (non-hydrogen) atoms. The summed E-state index contributed by atoms with van der Waals surface area (Å²) in [6.45, 7) is 0. The second-order valence-electron chi connectivity index (χ2n) is 5.62. The summed E-state index contributed by atoms with van der Waals surface area (Å²) in [5, 5.41) is 0. The van der Waals surface area contributed by atoms with Gasteiger partial charge in [0.15, 0.2) is 27.4 Å². The molecule has 0 amide bonds. The van der Waals surface area contributed by atoms with Gasteiger partial charge in [0.05, 0.1) is 0 Å². The molecule has 0 unspecified atom stereocenters.